The first-order valence-electron chi connectivity index (χ1n) is 14.7. The maximum atomic E-state index is 12.4. The fraction of sp³-hybridized carbons (Fsp3) is 0.758. The van der Waals surface area contributed by atoms with Gasteiger partial charge in [-0.15, -0.1) is 0 Å². The molecule has 0 spiro atoms. The molecule has 38 heavy (non-hydrogen) atoms. The standard InChI is InChI=1S/C33H50O5/c1-20(11-10-12-21(2)29(36)37-9)25-19-28(38-22(3)34)33(8)24-13-14-26-30(4,5)27(35)16-17-31(26,6)23(24)15-18-32(25,33)7/h12-13,15,20,25-28,35H,10-11,14,16-19H2,1-9H3/b21-12+/t20-,25-,26+,27-,28+,31-,32-,33-/m1/s1. The number of methoxy groups -OCH3 is 1. The summed E-state index contributed by atoms with van der Waals surface area (Å²) < 4.78 is 11.0. The first-order valence-corrected chi connectivity index (χ1v) is 14.7. The highest BCUT2D eigenvalue weighted by atomic mass is 16.5. The van der Waals surface area contributed by atoms with Crippen LogP contribution >= 0.6 is 0 Å². The maximum absolute atomic E-state index is 12.4. The van der Waals surface area contributed by atoms with Crippen molar-refractivity contribution in [1.82, 2.24) is 0 Å². The van der Waals surface area contributed by atoms with Crippen molar-refractivity contribution in [1.29, 1.82) is 0 Å². The smallest absolute Gasteiger partial charge is 0.333 e. The SMILES string of the molecule is COC(=O)/C(C)=C/CC[C@@H](C)[C@H]1C[C@H](OC(C)=O)[C@@]2(C)C3=CC[C@H]4C(C)(C)[C@H](O)CC[C@]4(C)C3=CC[C@]12C. The van der Waals surface area contributed by atoms with Gasteiger partial charge in [-0.1, -0.05) is 59.8 Å². The zero-order chi connectivity index (χ0) is 28.3. The Morgan fingerprint density at radius 3 is 2.45 bits per heavy atom. The van der Waals surface area contributed by atoms with E-state index in [1.54, 1.807) is 0 Å². The van der Waals surface area contributed by atoms with Crippen molar-refractivity contribution in [3.8, 4) is 0 Å². The van der Waals surface area contributed by atoms with Crippen LogP contribution in [0.5, 0.6) is 0 Å². The molecule has 0 heterocycles. The number of hydrogen-bond acceptors (Lipinski definition) is 5. The summed E-state index contributed by atoms with van der Waals surface area (Å²) in [5, 5.41) is 10.9. The molecule has 0 saturated heterocycles. The molecule has 4 rings (SSSR count). The predicted molar refractivity (Wildman–Crippen MR) is 150 cm³/mol. The summed E-state index contributed by atoms with van der Waals surface area (Å²) in [6.45, 7) is 17.3. The lowest BCUT2D eigenvalue weighted by atomic mass is 9.44. The van der Waals surface area contributed by atoms with Gasteiger partial charge in [-0.2, -0.15) is 0 Å². The van der Waals surface area contributed by atoms with E-state index >= 15 is 0 Å². The van der Waals surface area contributed by atoms with Crippen molar-refractivity contribution < 1.29 is 24.2 Å². The van der Waals surface area contributed by atoms with Gasteiger partial charge >= 0.3 is 11.9 Å². The molecule has 0 amide bonds. The van der Waals surface area contributed by atoms with E-state index in [2.05, 4.69) is 53.7 Å². The number of hydrogen-bond donors (Lipinski definition) is 1. The Morgan fingerprint density at radius 2 is 1.82 bits per heavy atom. The molecule has 4 aliphatic carbocycles. The molecule has 0 bridgehead atoms. The Bertz CT molecular complexity index is 1070. The van der Waals surface area contributed by atoms with Gasteiger partial charge in [0.15, 0.2) is 0 Å². The van der Waals surface area contributed by atoms with Crippen LogP contribution in [0.15, 0.2) is 34.9 Å². The third-order valence-corrected chi connectivity index (χ3v) is 11.9. The Hall–Kier alpha value is -1.88. The minimum atomic E-state index is -0.275. The van der Waals surface area contributed by atoms with Gasteiger partial charge in [0, 0.05) is 17.9 Å². The molecule has 2 fully saturated rings. The van der Waals surface area contributed by atoms with E-state index in [-0.39, 0.29) is 45.8 Å². The summed E-state index contributed by atoms with van der Waals surface area (Å²) in [6, 6.07) is 0. The Morgan fingerprint density at radius 1 is 1.13 bits per heavy atom. The van der Waals surface area contributed by atoms with Gasteiger partial charge < -0.3 is 14.6 Å². The summed E-state index contributed by atoms with van der Waals surface area (Å²) in [5.74, 6) is 0.703. The maximum Gasteiger partial charge on any atom is 0.333 e. The highest BCUT2D eigenvalue weighted by Crippen LogP contribution is 2.72. The first-order chi connectivity index (χ1) is 17.6. The average molecular weight is 527 g/mol. The molecule has 0 aromatic heterocycles. The molecular weight excluding hydrogens is 476 g/mol. The summed E-state index contributed by atoms with van der Waals surface area (Å²) >= 11 is 0. The van der Waals surface area contributed by atoms with Crippen LogP contribution in [0, 0.1) is 39.4 Å². The summed E-state index contributed by atoms with van der Waals surface area (Å²) in [5.41, 5.74) is 3.03. The lowest BCUT2D eigenvalue weighted by Crippen LogP contribution is -2.56. The van der Waals surface area contributed by atoms with Crippen LogP contribution in [0.2, 0.25) is 0 Å². The fourth-order valence-corrected chi connectivity index (χ4v) is 9.28. The van der Waals surface area contributed by atoms with Crippen molar-refractivity contribution in [2.45, 2.75) is 113 Å². The summed E-state index contributed by atoms with van der Waals surface area (Å²) in [6.07, 6.45) is 12.9. The third-order valence-electron chi connectivity index (χ3n) is 11.9. The molecular formula is C33H50O5. The van der Waals surface area contributed by atoms with Crippen LogP contribution in [-0.4, -0.2) is 36.4 Å². The average Bonchev–Trinajstić information content (AvgIpc) is 3.08. The van der Waals surface area contributed by atoms with Gasteiger partial charge in [-0.05, 0) is 97.0 Å². The number of esters is 2. The van der Waals surface area contributed by atoms with Crippen molar-refractivity contribution >= 4 is 11.9 Å². The highest BCUT2D eigenvalue weighted by Gasteiger charge is 2.67. The Labute approximate surface area is 230 Å². The lowest BCUT2D eigenvalue weighted by Gasteiger charge is -2.61. The molecule has 0 aliphatic heterocycles. The highest BCUT2D eigenvalue weighted by molar-refractivity contribution is 5.87. The van der Waals surface area contributed by atoms with E-state index in [1.165, 1.54) is 25.2 Å². The fourth-order valence-electron chi connectivity index (χ4n) is 9.28. The van der Waals surface area contributed by atoms with Crippen LogP contribution in [0.4, 0.5) is 0 Å². The number of ether oxygens (including phenoxy) is 2. The largest absolute Gasteiger partial charge is 0.466 e. The normalized spacial score (nSPS) is 40.6. The van der Waals surface area contributed by atoms with E-state index in [9.17, 15) is 14.7 Å². The molecule has 0 aromatic rings. The molecule has 2 saturated carbocycles. The van der Waals surface area contributed by atoms with E-state index in [4.69, 9.17) is 9.47 Å². The van der Waals surface area contributed by atoms with Gasteiger partial charge in [0.25, 0.3) is 0 Å². The number of aliphatic hydroxyl groups excluding tert-OH is 1. The van der Waals surface area contributed by atoms with Crippen molar-refractivity contribution in [2.24, 2.45) is 39.4 Å². The Kier molecular flexibility index (Phi) is 7.62. The molecule has 4 aliphatic rings. The number of rotatable bonds is 6. The number of carbonyl (C=O) groups excluding carboxylic acids is 2. The molecule has 5 heteroatoms. The molecule has 212 valence electrons. The van der Waals surface area contributed by atoms with Crippen LogP contribution < -0.4 is 0 Å². The van der Waals surface area contributed by atoms with E-state index in [0.29, 0.717) is 23.3 Å². The van der Waals surface area contributed by atoms with E-state index < -0.39 is 0 Å². The predicted octanol–water partition coefficient (Wildman–Crippen LogP) is 6.95. The molecule has 0 unspecified atom stereocenters. The number of aliphatic hydroxyl groups is 1. The lowest BCUT2D eigenvalue weighted by molar-refractivity contribution is -0.152. The van der Waals surface area contributed by atoms with Crippen LogP contribution in [0.1, 0.15) is 100 Å². The van der Waals surface area contributed by atoms with Gasteiger partial charge in [-0.25, -0.2) is 4.79 Å². The number of allylic oxidation sites excluding steroid dienone is 4. The quantitative estimate of drug-likeness (QED) is 0.299. The third kappa shape index (κ3) is 4.22. The van der Waals surface area contributed by atoms with Crippen LogP contribution in [0.25, 0.3) is 0 Å². The van der Waals surface area contributed by atoms with Crippen LogP contribution in [-0.2, 0) is 19.1 Å². The van der Waals surface area contributed by atoms with Crippen molar-refractivity contribution in [3.63, 3.8) is 0 Å². The van der Waals surface area contributed by atoms with E-state index in [0.717, 1.165) is 44.9 Å². The zero-order valence-electron chi connectivity index (χ0n) is 25.1. The van der Waals surface area contributed by atoms with Gasteiger partial charge in [-0.3, -0.25) is 4.79 Å². The van der Waals surface area contributed by atoms with Gasteiger partial charge in [0.1, 0.15) is 6.10 Å². The molecule has 5 nitrogen and oxygen atoms in total. The molecule has 8 atom stereocenters. The first kappa shape index (κ1) is 29.1. The van der Waals surface area contributed by atoms with Gasteiger partial charge in [0.05, 0.1) is 13.2 Å². The topological polar surface area (TPSA) is 72.8 Å². The molecule has 1 N–H and O–H groups in total. The zero-order valence-corrected chi connectivity index (χ0v) is 25.1. The Balaban J connectivity index is 1.70. The van der Waals surface area contributed by atoms with Crippen molar-refractivity contribution in [2.75, 3.05) is 7.11 Å². The second kappa shape index (κ2) is 9.94. The summed E-state index contributed by atoms with van der Waals surface area (Å²) in [4.78, 5) is 24.2. The number of carbonyl (C=O) groups is 2. The molecule has 0 radical (unpaired) electrons. The number of fused-ring (bicyclic) bond motifs is 5. The van der Waals surface area contributed by atoms with Crippen LogP contribution in [0.3, 0.4) is 0 Å². The summed E-state index contributed by atoms with van der Waals surface area (Å²) in [7, 11) is 1.42. The molecule has 0 aromatic carbocycles. The second-order valence-electron chi connectivity index (χ2n) is 14.0. The monoisotopic (exact) mass is 526 g/mol. The van der Waals surface area contributed by atoms with Crippen molar-refractivity contribution in [3.05, 3.63) is 34.9 Å². The van der Waals surface area contributed by atoms with Gasteiger partial charge in [0.2, 0.25) is 0 Å². The minimum Gasteiger partial charge on any atom is -0.466 e. The van der Waals surface area contributed by atoms with E-state index in [1.807, 2.05) is 13.0 Å². The second-order valence-corrected chi connectivity index (χ2v) is 14.0. The minimum absolute atomic E-state index is 0.0117.